The molecular weight excluding hydrogens is 414 g/mol. The molecule has 5 rings (SSSR count). The number of nitrogens with zero attached hydrogens (tertiary/aromatic N) is 4. The molecule has 1 amide bonds. The molecule has 33 heavy (non-hydrogen) atoms. The lowest BCUT2D eigenvalue weighted by Crippen LogP contribution is -2.42. The van der Waals surface area contributed by atoms with Crippen LogP contribution >= 0.6 is 0 Å². The minimum Gasteiger partial charge on any atom is -0.390 e. The highest BCUT2D eigenvalue weighted by molar-refractivity contribution is 5.92. The van der Waals surface area contributed by atoms with Crippen LogP contribution in [0.4, 0.5) is 0 Å². The maximum Gasteiger partial charge on any atom is 0.271 e. The van der Waals surface area contributed by atoms with Crippen LogP contribution in [0, 0.1) is 6.92 Å². The molecule has 2 N–H and O–H groups in total. The minimum atomic E-state index is -0.647. The summed E-state index contributed by atoms with van der Waals surface area (Å²) in [5.74, 6) is -0.307. The summed E-state index contributed by atoms with van der Waals surface area (Å²) < 4.78 is 1.80. The zero-order valence-electron chi connectivity index (χ0n) is 18.6. The number of nitrogens with one attached hydrogen (secondary N) is 1. The smallest absolute Gasteiger partial charge is 0.271 e. The number of imidazole rings is 1. The molecule has 0 unspecified atom stereocenters. The zero-order chi connectivity index (χ0) is 22.8. The number of hydrogen-bond donors (Lipinski definition) is 2. The van der Waals surface area contributed by atoms with E-state index < -0.39 is 6.10 Å². The maximum absolute atomic E-state index is 12.6. The molecule has 0 aliphatic carbocycles. The van der Waals surface area contributed by atoms with Crippen LogP contribution in [0.1, 0.15) is 27.2 Å². The highest BCUT2D eigenvalue weighted by atomic mass is 16.3. The number of β-amino-alcohol motifs (C(OH)–C–C–N with tert-alkyl or cyclic N) is 1. The number of carbonyl (C=O) groups is 1. The van der Waals surface area contributed by atoms with Crippen molar-refractivity contribution >= 4 is 11.6 Å². The molecule has 1 atom stereocenters. The van der Waals surface area contributed by atoms with Gasteiger partial charge in [-0.3, -0.25) is 14.7 Å². The Morgan fingerprint density at radius 1 is 1.12 bits per heavy atom. The Kier molecular flexibility index (Phi) is 5.90. The van der Waals surface area contributed by atoms with Crippen LogP contribution in [-0.4, -0.2) is 56.0 Å². The van der Waals surface area contributed by atoms with Crippen molar-refractivity contribution in [1.29, 1.82) is 0 Å². The summed E-state index contributed by atoms with van der Waals surface area (Å²) >= 11 is 0. The monoisotopic (exact) mass is 441 g/mol. The van der Waals surface area contributed by atoms with Crippen molar-refractivity contribution in [3.63, 3.8) is 0 Å². The molecule has 168 valence electrons. The number of fused-ring (bicyclic) bond motifs is 2. The average molecular weight is 442 g/mol. The van der Waals surface area contributed by atoms with Gasteiger partial charge in [-0.2, -0.15) is 0 Å². The van der Waals surface area contributed by atoms with Crippen molar-refractivity contribution in [2.75, 3.05) is 19.6 Å². The predicted molar refractivity (Wildman–Crippen MR) is 127 cm³/mol. The largest absolute Gasteiger partial charge is 0.390 e. The van der Waals surface area contributed by atoms with Crippen LogP contribution in [0.15, 0.2) is 67.1 Å². The van der Waals surface area contributed by atoms with Gasteiger partial charge in [0.1, 0.15) is 5.69 Å². The molecule has 0 bridgehead atoms. The van der Waals surface area contributed by atoms with Crippen LogP contribution in [0.3, 0.4) is 0 Å². The minimum absolute atomic E-state index is 0.178. The Hall–Kier alpha value is -3.55. The third-order valence-corrected chi connectivity index (χ3v) is 6.10. The Morgan fingerprint density at radius 2 is 1.91 bits per heavy atom. The summed E-state index contributed by atoms with van der Waals surface area (Å²) in [5, 5.41) is 13.3. The highest BCUT2D eigenvalue weighted by Crippen LogP contribution is 2.19. The van der Waals surface area contributed by atoms with E-state index in [2.05, 4.69) is 38.4 Å². The first-order chi connectivity index (χ1) is 16.0. The second kappa shape index (κ2) is 9.13. The quantitative estimate of drug-likeness (QED) is 0.481. The zero-order valence-corrected chi connectivity index (χ0v) is 18.6. The van der Waals surface area contributed by atoms with Gasteiger partial charge in [0, 0.05) is 44.1 Å². The molecule has 7 heteroatoms. The number of benzene rings is 2. The first-order valence-corrected chi connectivity index (χ1v) is 11.2. The molecule has 7 nitrogen and oxygen atoms in total. The molecule has 2 aromatic carbocycles. The van der Waals surface area contributed by atoms with Crippen molar-refractivity contribution in [2.24, 2.45) is 0 Å². The third-order valence-electron chi connectivity index (χ3n) is 6.10. The Morgan fingerprint density at radius 3 is 2.73 bits per heavy atom. The van der Waals surface area contributed by atoms with Gasteiger partial charge in [-0.05, 0) is 24.5 Å². The number of aliphatic hydroxyl groups excluding tert-OH is 1. The number of aryl methyl sites for hydroxylation is 1. The second-order valence-corrected chi connectivity index (χ2v) is 8.65. The molecule has 0 radical (unpaired) electrons. The van der Waals surface area contributed by atoms with E-state index in [-0.39, 0.29) is 12.5 Å². The van der Waals surface area contributed by atoms with E-state index in [1.54, 1.807) is 16.8 Å². The normalized spacial score (nSPS) is 14.7. The number of carbonyl (C=O) groups excluding carboxylic acids is 1. The number of aromatic nitrogens is 3. The van der Waals surface area contributed by atoms with E-state index in [4.69, 9.17) is 0 Å². The standard InChI is InChI=1S/C26H27N5O2/c1-18-6-8-20(9-7-18)23-16-31-17-24(29-25(31)13-27-23)26(33)28-12-22(32)15-30-11-10-19-4-2-3-5-21(19)14-30/h2-9,13,16-17,22,32H,10-12,14-15H2,1H3,(H,28,33)/t22-/m0/s1. The van der Waals surface area contributed by atoms with Crippen molar-refractivity contribution in [3.8, 4) is 11.3 Å². The van der Waals surface area contributed by atoms with Gasteiger partial charge in [-0.25, -0.2) is 4.98 Å². The van der Waals surface area contributed by atoms with Crippen molar-refractivity contribution in [3.05, 3.63) is 89.5 Å². The molecule has 1 aliphatic heterocycles. The third kappa shape index (κ3) is 4.79. The predicted octanol–water partition coefficient (Wildman–Crippen LogP) is 2.85. The van der Waals surface area contributed by atoms with Crippen molar-refractivity contribution < 1.29 is 9.90 Å². The van der Waals surface area contributed by atoms with Gasteiger partial charge in [0.15, 0.2) is 5.65 Å². The van der Waals surface area contributed by atoms with Crippen LogP contribution in [-0.2, 0) is 13.0 Å². The Balaban J connectivity index is 1.19. The van der Waals surface area contributed by atoms with Gasteiger partial charge < -0.3 is 14.8 Å². The SMILES string of the molecule is Cc1ccc(-c2cn3cc(C(=O)NC[C@H](O)CN4CCc5ccccc5C4)nc3cn2)cc1. The van der Waals surface area contributed by atoms with Crippen LogP contribution in [0.25, 0.3) is 16.9 Å². The molecule has 0 saturated carbocycles. The van der Waals surface area contributed by atoms with E-state index in [1.165, 1.54) is 16.7 Å². The molecule has 2 aromatic heterocycles. The molecule has 0 saturated heterocycles. The second-order valence-electron chi connectivity index (χ2n) is 8.65. The van der Waals surface area contributed by atoms with E-state index in [9.17, 15) is 9.90 Å². The number of amides is 1. The molecule has 1 aliphatic rings. The fourth-order valence-corrected chi connectivity index (χ4v) is 4.26. The van der Waals surface area contributed by atoms with Gasteiger partial charge in [-0.15, -0.1) is 0 Å². The van der Waals surface area contributed by atoms with Crippen molar-refractivity contribution in [2.45, 2.75) is 26.0 Å². The van der Waals surface area contributed by atoms with E-state index >= 15 is 0 Å². The number of rotatable bonds is 6. The fourth-order valence-electron chi connectivity index (χ4n) is 4.26. The summed E-state index contributed by atoms with van der Waals surface area (Å²) in [6, 6.07) is 16.6. The first kappa shape index (κ1) is 21.3. The van der Waals surface area contributed by atoms with Crippen molar-refractivity contribution in [1.82, 2.24) is 24.6 Å². The summed E-state index contributed by atoms with van der Waals surface area (Å²) in [6.07, 6.45) is 5.56. The van der Waals surface area contributed by atoms with E-state index in [0.29, 0.717) is 17.9 Å². The maximum atomic E-state index is 12.6. The molecule has 0 spiro atoms. The molecule has 0 fully saturated rings. The molecular formula is C26H27N5O2. The molecule has 4 aromatic rings. The van der Waals surface area contributed by atoms with E-state index in [0.717, 1.165) is 30.8 Å². The molecule has 3 heterocycles. The Bertz CT molecular complexity index is 1280. The van der Waals surface area contributed by atoms with Gasteiger partial charge in [-0.1, -0.05) is 54.1 Å². The lowest BCUT2D eigenvalue weighted by Gasteiger charge is -2.30. The topological polar surface area (TPSA) is 82.8 Å². The summed E-state index contributed by atoms with van der Waals surface area (Å²) in [7, 11) is 0. The van der Waals surface area contributed by atoms with Gasteiger partial charge in [0.25, 0.3) is 5.91 Å². The van der Waals surface area contributed by atoms with Gasteiger partial charge in [0.05, 0.1) is 18.0 Å². The van der Waals surface area contributed by atoms with Gasteiger partial charge in [0.2, 0.25) is 0 Å². The summed E-state index contributed by atoms with van der Waals surface area (Å²) in [5.41, 5.74) is 6.59. The lowest BCUT2D eigenvalue weighted by molar-refractivity contribution is 0.0838. The highest BCUT2D eigenvalue weighted by Gasteiger charge is 2.19. The summed E-state index contributed by atoms with van der Waals surface area (Å²) in [6.45, 7) is 4.47. The van der Waals surface area contributed by atoms with Gasteiger partial charge >= 0.3 is 0 Å². The lowest BCUT2D eigenvalue weighted by atomic mass is 10.00. The van der Waals surface area contributed by atoms with E-state index in [1.807, 2.05) is 43.5 Å². The fraction of sp³-hybridized carbons (Fsp3) is 0.269. The Labute approximate surface area is 192 Å². The van der Waals surface area contributed by atoms with Crippen LogP contribution in [0.5, 0.6) is 0 Å². The first-order valence-electron chi connectivity index (χ1n) is 11.2. The summed E-state index contributed by atoms with van der Waals surface area (Å²) in [4.78, 5) is 23.7. The van der Waals surface area contributed by atoms with Crippen LogP contribution in [0.2, 0.25) is 0 Å². The number of hydrogen-bond acceptors (Lipinski definition) is 5. The number of aliphatic hydroxyl groups is 1. The average Bonchev–Trinajstić information content (AvgIpc) is 3.26. The van der Waals surface area contributed by atoms with Crippen LogP contribution < -0.4 is 5.32 Å².